The van der Waals surface area contributed by atoms with Gasteiger partial charge in [0, 0.05) is 25.2 Å². The lowest BCUT2D eigenvalue weighted by molar-refractivity contribution is -0.130. The van der Waals surface area contributed by atoms with Gasteiger partial charge < -0.3 is 26.0 Å². The van der Waals surface area contributed by atoms with E-state index >= 15 is 0 Å². The van der Waals surface area contributed by atoms with E-state index in [0.29, 0.717) is 12.1 Å². The Kier molecular flexibility index (Phi) is 11.4. The Morgan fingerprint density at radius 2 is 1.56 bits per heavy atom. The van der Waals surface area contributed by atoms with Crippen molar-refractivity contribution in [1.29, 1.82) is 0 Å². The Balaban J connectivity index is 2.87. The highest BCUT2D eigenvalue weighted by atomic mass is 19.1. The van der Waals surface area contributed by atoms with Crippen molar-refractivity contribution >= 4 is 17.9 Å². The average molecular weight is 485 g/mol. The van der Waals surface area contributed by atoms with Crippen molar-refractivity contribution in [2.75, 3.05) is 13.1 Å². The van der Waals surface area contributed by atoms with Crippen molar-refractivity contribution < 1.29 is 27.9 Å². The molecule has 0 aromatic heterocycles. The van der Waals surface area contributed by atoms with Crippen LogP contribution in [-0.2, 0) is 20.7 Å². The summed E-state index contributed by atoms with van der Waals surface area (Å²) in [5.41, 5.74) is -0.390. The zero-order valence-electron chi connectivity index (χ0n) is 21.1. The van der Waals surface area contributed by atoms with E-state index in [1.165, 1.54) is 12.1 Å². The zero-order chi connectivity index (χ0) is 26.1. The summed E-state index contributed by atoms with van der Waals surface area (Å²) in [5.74, 6) is -2.23. The summed E-state index contributed by atoms with van der Waals surface area (Å²) in [7, 11) is 0. The SMILES string of the molecule is CCNC(=O)[C@@H](NC(=O)[C@H](C)NC[C@H](Cc1cc(F)cc(F)c1)NC(=O)OC(C)(C)C)C(C)C. The monoisotopic (exact) mass is 484 g/mol. The summed E-state index contributed by atoms with van der Waals surface area (Å²) >= 11 is 0. The maximum Gasteiger partial charge on any atom is 0.407 e. The third-order valence-electron chi connectivity index (χ3n) is 4.79. The number of likely N-dealkylation sites (N-methyl/N-ethyl adjacent to an activating group) is 1. The highest BCUT2D eigenvalue weighted by Gasteiger charge is 2.26. The third-order valence-corrected chi connectivity index (χ3v) is 4.79. The van der Waals surface area contributed by atoms with Gasteiger partial charge in [0.2, 0.25) is 11.8 Å². The van der Waals surface area contributed by atoms with E-state index in [2.05, 4.69) is 21.3 Å². The lowest BCUT2D eigenvalue weighted by Crippen LogP contribution is -2.55. The van der Waals surface area contributed by atoms with Gasteiger partial charge in [0.1, 0.15) is 23.3 Å². The number of hydrogen-bond donors (Lipinski definition) is 4. The largest absolute Gasteiger partial charge is 0.444 e. The van der Waals surface area contributed by atoms with E-state index in [1.807, 2.05) is 13.8 Å². The molecule has 8 nitrogen and oxygen atoms in total. The van der Waals surface area contributed by atoms with Gasteiger partial charge in [-0.25, -0.2) is 13.6 Å². The first-order valence-corrected chi connectivity index (χ1v) is 11.5. The van der Waals surface area contributed by atoms with E-state index < -0.39 is 47.4 Å². The van der Waals surface area contributed by atoms with Crippen LogP contribution in [0.5, 0.6) is 0 Å². The van der Waals surface area contributed by atoms with Gasteiger partial charge in [-0.3, -0.25) is 9.59 Å². The van der Waals surface area contributed by atoms with E-state index in [0.717, 1.165) is 6.07 Å². The molecule has 10 heteroatoms. The number of amides is 3. The molecule has 34 heavy (non-hydrogen) atoms. The summed E-state index contributed by atoms with van der Waals surface area (Å²) in [5, 5.41) is 11.1. The fourth-order valence-electron chi connectivity index (χ4n) is 3.17. The molecule has 1 aromatic carbocycles. The van der Waals surface area contributed by atoms with Gasteiger partial charge >= 0.3 is 6.09 Å². The first-order valence-electron chi connectivity index (χ1n) is 11.5. The van der Waals surface area contributed by atoms with Gasteiger partial charge in [0.15, 0.2) is 0 Å². The Morgan fingerprint density at radius 1 is 0.971 bits per heavy atom. The van der Waals surface area contributed by atoms with Crippen LogP contribution in [0.3, 0.4) is 0 Å². The lowest BCUT2D eigenvalue weighted by atomic mass is 10.0. The summed E-state index contributed by atoms with van der Waals surface area (Å²) < 4.78 is 32.6. The molecule has 0 saturated carbocycles. The van der Waals surface area contributed by atoms with Crippen molar-refractivity contribution in [2.45, 2.75) is 78.6 Å². The van der Waals surface area contributed by atoms with Crippen molar-refractivity contribution in [3.63, 3.8) is 0 Å². The highest BCUT2D eigenvalue weighted by Crippen LogP contribution is 2.12. The van der Waals surface area contributed by atoms with Crippen LogP contribution in [0, 0.1) is 17.6 Å². The van der Waals surface area contributed by atoms with Crippen molar-refractivity contribution in [2.24, 2.45) is 5.92 Å². The number of carbonyl (C=O) groups is 3. The lowest BCUT2D eigenvalue weighted by Gasteiger charge is -2.26. The highest BCUT2D eigenvalue weighted by molar-refractivity contribution is 5.89. The number of ether oxygens (including phenoxy) is 1. The van der Waals surface area contributed by atoms with Crippen LogP contribution in [0.1, 0.15) is 54.0 Å². The van der Waals surface area contributed by atoms with Crippen LogP contribution < -0.4 is 21.3 Å². The fraction of sp³-hybridized carbons (Fsp3) is 0.625. The van der Waals surface area contributed by atoms with Crippen LogP contribution in [0.4, 0.5) is 13.6 Å². The van der Waals surface area contributed by atoms with Gasteiger partial charge in [0.25, 0.3) is 0 Å². The molecule has 0 aliphatic heterocycles. The fourth-order valence-corrected chi connectivity index (χ4v) is 3.17. The Hall–Kier alpha value is -2.75. The molecule has 192 valence electrons. The van der Waals surface area contributed by atoms with Crippen LogP contribution >= 0.6 is 0 Å². The van der Waals surface area contributed by atoms with Crippen LogP contribution in [0.2, 0.25) is 0 Å². The van der Waals surface area contributed by atoms with Crippen LogP contribution in [0.25, 0.3) is 0 Å². The number of halogens is 2. The van der Waals surface area contributed by atoms with Gasteiger partial charge in [-0.1, -0.05) is 13.8 Å². The van der Waals surface area contributed by atoms with Gasteiger partial charge in [-0.2, -0.15) is 0 Å². The van der Waals surface area contributed by atoms with Crippen LogP contribution in [0.15, 0.2) is 18.2 Å². The molecule has 3 amide bonds. The zero-order valence-corrected chi connectivity index (χ0v) is 21.1. The quantitative estimate of drug-likeness (QED) is 0.386. The molecule has 0 heterocycles. The van der Waals surface area contributed by atoms with Crippen molar-refractivity contribution in [1.82, 2.24) is 21.3 Å². The average Bonchev–Trinajstić information content (AvgIpc) is 2.67. The Bertz CT molecular complexity index is 823. The topological polar surface area (TPSA) is 109 Å². The van der Waals surface area contributed by atoms with E-state index in [-0.39, 0.29) is 24.8 Å². The maximum absolute atomic E-state index is 13.6. The first kappa shape index (κ1) is 29.3. The summed E-state index contributed by atoms with van der Waals surface area (Å²) in [6.45, 7) is 12.8. The number of rotatable bonds is 11. The van der Waals surface area contributed by atoms with Gasteiger partial charge in [0.05, 0.1) is 6.04 Å². The molecular weight excluding hydrogens is 446 g/mol. The third kappa shape index (κ3) is 10.9. The smallest absolute Gasteiger partial charge is 0.407 e. The predicted molar refractivity (Wildman–Crippen MR) is 126 cm³/mol. The second-order valence-corrected chi connectivity index (χ2v) is 9.58. The second kappa shape index (κ2) is 13.2. The molecule has 0 aliphatic rings. The molecule has 0 spiro atoms. The van der Waals surface area contributed by atoms with E-state index in [4.69, 9.17) is 4.74 Å². The second-order valence-electron chi connectivity index (χ2n) is 9.58. The Morgan fingerprint density at radius 3 is 2.06 bits per heavy atom. The molecule has 1 aromatic rings. The number of hydrogen-bond acceptors (Lipinski definition) is 5. The first-order chi connectivity index (χ1) is 15.7. The predicted octanol–water partition coefficient (Wildman–Crippen LogP) is 2.66. The minimum Gasteiger partial charge on any atom is -0.444 e. The summed E-state index contributed by atoms with van der Waals surface area (Å²) in [6.07, 6.45) is -0.590. The summed E-state index contributed by atoms with van der Waals surface area (Å²) in [6, 6.07) is 1.11. The molecule has 0 saturated heterocycles. The molecule has 0 fully saturated rings. The maximum atomic E-state index is 13.6. The number of carbonyl (C=O) groups excluding carboxylic acids is 3. The number of alkyl carbamates (subject to hydrolysis) is 1. The Labute approximate surface area is 200 Å². The normalized spacial score (nSPS) is 14.2. The standard InChI is InChI=1S/C24H38F2N4O4/c1-8-27-22(32)20(14(2)3)30-21(31)15(4)28-13-19(29-23(33)34-24(5,6)7)11-16-9-17(25)12-18(26)10-16/h9-10,12,14-15,19-20,28H,8,11,13H2,1-7H3,(H,27,32)(H,29,33)(H,30,31)/t15-,19-,20-/m0/s1. The molecule has 0 aliphatic carbocycles. The molecule has 4 N–H and O–H groups in total. The molecule has 1 rings (SSSR count). The van der Waals surface area contributed by atoms with Gasteiger partial charge in [-0.15, -0.1) is 0 Å². The van der Waals surface area contributed by atoms with E-state index in [9.17, 15) is 23.2 Å². The molecule has 0 unspecified atom stereocenters. The number of nitrogens with one attached hydrogen (secondary N) is 4. The van der Waals surface area contributed by atoms with E-state index in [1.54, 1.807) is 34.6 Å². The molecule has 0 bridgehead atoms. The molecular formula is C24H38F2N4O4. The van der Waals surface area contributed by atoms with Crippen molar-refractivity contribution in [3.05, 3.63) is 35.4 Å². The number of benzene rings is 1. The van der Waals surface area contributed by atoms with Crippen LogP contribution in [-0.4, -0.2) is 54.7 Å². The molecule has 0 radical (unpaired) electrons. The van der Waals surface area contributed by atoms with Gasteiger partial charge in [-0.05, 0) is 64.7 Å². The molecule has 3 atom stereocenters. The summed E-state index contributed by atoms with van der Waals surface area (Å²) in [4.78, 5) is 37.2. The minimum absolute atomic E-state index is 0.1000. The minimum atomic E-state index is -0.731. The van der Waals surface area contributed by atoms with Crippen molar-refractivity contribution in [3.8, 4) is 0 Å².